The fourth-order valence-corrected chi connectivity index (χ4v) is 6.74. The first-order chi connectivity index (χ1) is 14.0. The lowest BCUT2D eigenvalue weighted by molar-refractivity contribution is 0.0596. The van der Waals surface area contributed by atoms with Gasteiger partial charge in [-0.15, -0.1) is 0 Å². The van der Waals surface area contributed by atoms with E-state index in [1.165, 1.54) is 38.5 Å². The van der Waals surface area contributed by atoms with Crippen LogP contribution in [0.25, 0.3) is 0 Å². The normalized spacial score (nSPS) is 38.8. The van der Waals surface area contributed by atoms with Crippen molar-refractivity contribution in [1.29, 1.82) is 0 Å². The topological polar surface area (TPSA) is 60.7 Å². The number of aliphatic hydroxyl groups is 3. The first-order valence-corrected chi connectivity index (χ1v) is 12.2. The van der Waals surface area contributed by atoms with Gasteiger partial charge in [-0.25, -0.2) is 0 Å². The summed E-state index contributed by atoms with van der Waals surface area (Å²) in [7, 11) is 0. The Hall–Kier alpha value is -0.900. The van der Waals surface area contributed by atoms with Gasteiger partial charge < -0.3 is 15.3 Å². The van der Waals surface area contributed by atoms with Gasteiger partial charge in [-0.05, 0) is 93.1 Å². The van der Waals surface area contributed by atoms with Crippen LogP contribution in [0.4, 0.5) is 0 Å². The summed E-state index contributed by atoms with van der Waals surface area (Å²) in [6.07, 6.45) is 13.9. The molecule has 3 aliphatic rings. The minimum absolute atomic E-state index is 0.374. The Morgan fingerprint density at radius 1 is 1.23 bits per heavy atom. The summed E-state index contributed by atoms with van der Waals surface area (Å²) in [4.78, 5) is 0. The molecule has 3 fully saturated rings. The van der Waals surface area contributed by atoms with Gasteiger partial charge in [0.15, 0.2) is 0 Å². The number of rotatable bonds is 6. The number of hydrogen-bond acceptors (Lipinski definition) is 3. The number of hydrogen-bond donors (Lipinski definition) is 3. The fourth-order valence-electron chi connectivity index (χ4n) is 6.74. The van der Waals surface area contributed by atoms with Crippen LogP contribution < -0.4 is 0 Å². The van der Waals surface area contributed by atoms with Crippen LogP contribution in [0.2, 0.25) is 0 Å². The predicted molar refractivity (Wildman–Crippen MR) is 124 cm³/mol. The Morgan fingerprint density at radius 2 is 1.97 bits per heavy atom. The van der Waals surface area contributed by atoms with Crippen LogP contribution >= 0.6 is 0 Å². The Bertz CT molecular complexity index is 683. The predicted octanol–water partition coefficient (Wildman–Crippen LogP) is 5.70. The Kier molecular flexibility index (Phi) is 7.37. The highest BCUT2D eigenvalue weighted by Gasteiger charge is 2.50. The lowest BCUT2D eigenvalue weighted by atomic mass is 9.60. The molecule has 0 spiro atoms. The molecule has 170 valence electrons. The molecule has 0 saturated heterocycles. The highest BCUT2D eigenvalue weighted by Crippen LogP contribution is 2.60. The van der Waals surface area contributed by atoms with E-state index >= 15 is 0 Å². The van der Waals surface area contributed by atoms with E-state index < -0.39 is 17.8 Å². The monoisotopic (exact) mass is 416 g/mol. The van der Waals surface area contributed by atoms with Crippen LogP contribution in [0.15, 0.2) is 35.5 Å². The summed E-state index contributed by atoms with van der Waals surface area (Å²) in [5.74, 6) is 2.11. The molecule has 0 aromatic carbocycles. The van der Waals surface area contributed by atoms with Crippen molar-refractivity contribution in [3.05, 3.63) is 35.5 Å². The van der Waals surface area contributed by atoms with Gasteiger partial charge in [0, 0.05) is 6.42 Å². The van der Waals surface area contributed by atoms with Crippen molar-refractivity contribution in [3.8, 4) is 0 Å². The molecule has 3 heteroatoms. The van der Waals surface area contributed by atoms with E-state index in [-0.39, 0.29) is 0 Å². The van der Waals surface area contributed by atoms with Gasteiger partial charge in [0.25, 0.3) is 0 Å². The standard InChI is InChI=1S/C27H44O3/c1-18(8-6-14-26(3,4)30)23-12-13-24-20(9-7-15-27(23,24)5)10-11-21-16-22(28)17-25(29)19(21)2/h10-11,18,22-25,28-30H,2,6-9,12-17H2,1,3-5H3/t18?,22-,23?,24+,25+,27-/m1/s1. The van der Waals surface area contributed by atoms with Gasteiger partial charge in [-0.2, -0.15) is 0 Å². The smallest absolute Gasteiger partial charge is 0.0811 e. The van der Waals surface area contributed by atoms with Crippen LogP contribution in [0.3, 0.4) is 0 Å². The van der Waals surface area contributed by atoms with E-state index in [1.807, 2.05) is 13.8 Å². The van der Waals surface area contributed by atoms with Crippen molar-refractivity contribution in [3.63, 3.8) is 0 Å². The quantitative estimate of drug-likeness (QED) is 0.520. The van der Waals surface area contributed by atoms with Gasteiger partial charge in [-0.1, -0.05) is 51.0 Å². The third-order valence-corrected chi connectivity index (χ3v) is 8.44. The van der Waals surface area contributed by atoms with E-state index in [1.54, 1.807) is 5.57 Å². The van der Waals surface area contributed by atoms with Crippen molar-refractivity contribution in [2.75, 3.05) is 0 Å². The Balaban J connectivity index is 1.70. The van der Waals surface area contributed by atoms with Gasteiger partial charge in [-0.3, -0.25) is 0 Å². The van der Waals surface area contributed by atoms with Crippen LogP contribution in [-0.4, -0.2) is 33.1 Å². The van der Waals surface area contributed by atoms with Crippen LogP contribution in [0.5, 0.6) is 0 Å². The summed E-state index contributed by atoms with van der Waals surface area (Å²) in [6.45, 7) is 12.8. The molecule has 0 aliphatic heterocycles. The third kappa shape index (κ3) is 5.29. The first kappa shape index (κ1) is 23.8. The summed E-state index contributed by atoms with van der Waals surface area (Å²) in [6, 6.07) is 0. The molecule has 3 N–H and O–H groups in total. The van der Waals surface area contributed by atoms with Crippen molar-refractivity contribution >= 4 is 0 Å². The van der Waals surface area contributed by atoms with Crippen molar-refractivity contribution < 1.29 is 15.3 Å². The molecular formula is C27H44O3. The summed E-state index contributed by atoms with van der Waals surface area (Å²) in [5, 5.41) is 30.2. The van der Waals surface area contributed by atoms with Gasteiger partial charge in [0.05, 0.1) is 17.8 Å². The fraction of sp³-hybridized carbons (Fsp3) is 0.778. The van der Waals surface area contributed by atoms with Gasteiger partial charge in [0.1, 0.15) is 0 Å². The Labute approximate surface area is 184 Å². The summed E-state index contributed by atoms with van der Waals surface area (Å²) in [5.41, 5.74) is 3.17. The molecule has 3 nitrogen and oxygen atoms in total. The van der Waals surface area contributed by atoms with E-state index in [9.17, 15) is 15.3 Å². The number of allylic oxidation sites excluding steroid dienone is 3. The van der Waals surface area contributed by atoms with Crippen molar-refractivity contribution in [1.82, 2.24) is 0 Å². The second-order valence-electron chi connectivity index (χ2n) is 11.3. The van der Waals surface area contributed by atoms with E-state index in [4.69, 9.17) is 0 Å². The maximum Gasteiger partial charge on any atom is 0.0811 e. The molecule has 2 unspecified atom stereocenters. The zero-order valence-corrected chi connectivity index (χ0v) is 19.7. The number of aliphatic hydroxyl groups excluding tert-OH is 2. The minimum atomic E-state index is -0.615. The molecule has 3 saturated carbocycles. The summed E-state index contributed by atoms with van der Waals surface area (Å²) < 4.78 is 0. The van der Waals surface area contributed by atoms with E-state index in [2.05, 4.69) is 32.6 Å². The average molecular weight is 417 g/mol. The van der Waals surface area contributed by atoms with Gasteiger partial charge in [0.2, 0.25) is 0 Å². The average Bonchev–Trinajstić information content (AvgIpc) is 3.00. The highest BCUT2D eigenvalue weighted by molar-refractivity contribution is 5.38. The molecule has 3 rings (SSSR count). The van der Waals surface area contributed by atoms with E-state index in [0.29, 0.717) is 30.1 Å². The summed E-state index contributed by atoms with van der Waals surface area (Å²) >= 11 is 0. The van der Waals surface area contributed by atoms with Crippen LogP contribution in [0.1, 0.15) is 91.9 Å². The second-order valence-corrected chi connectivity index (χ2v) is 11.3. The molecule has 0 radical (unpaired) electrons. The maximum absolute atomic E-state index is 10.1. The molecular weight excluding hydrogens is 372 g/mol. The molecule has 0 amide bonds. The molecule has 0 aromatic heterocycles. The molecule has 6 atom stereocenters. The largest absolute Gasteiger partial charge is 0.393 e. The van der Waals surface area contributed by atoms with Crippen molar-refractivity contribution in [2.24, 2.45) is 23.2 Å². The van der Waals surface area contributed by atoms with Crippen LogP contribution in [0, 0.1) is 23.2 Å². The number of fused-ring (bicyclic) bond motifs is 1. The first-order valence-electron chi connectivity index (χ1n) is 12.2. The second kappa shape index (κ2) is 9.30. The zero-order valence-electron chi connectivity index (χ0n) is 19.7. The van der Waals surface area contributed by atoms with E-state index in [0.717, 1.165) is 29.9 Å². The highest BCUT2D eigenvalue weighted by atomic mass is 16.3. The SMILES string of the molecule is C=C1C(=CC=C2CCC[C@]3(C)C(C(C)CCCC(C)(C)O)CC[C@@H]23)C[C@@H](O)C[C@@H]1O. The molecule has 0 heterocycles. The molecule has 0 aromatic rings. The molecule has 3 aliphatic carbocycles. The third-order valence-electron chi connectivity index (χ3n) is 8.44. The lowest BCUT2D eigenvalue weighted by Gasteiger charge is -2.44. The minimum Gasteiger partial charge on any atom is -0.393 e. The Morgan fingerprint density at radius 3 is 2.67 bits per heavy atom. The molecule has 30 heavy (non-hydrogen) atoms. The van der Waals surface area contributed by atoms with Crippen molar-refractivity contribution in [2.45, 2.75) is 110 Å². The lowest BCUT2D eigenvalue weighted by Crippen LogP contribution is -2.36. The zero-order chi connectivity index (χ0) is 22.1. The maximum atomic E-state index is 10.1. The van der Waals surface area contributed by atoms with Crippen LogP contribution in [-0.2, 0) is 0 Å². The van der Waals surface area contributed by atoms with Gasteiger partial charge >= 0.3 is 0 Å². The molecule has 0 bridgehead atoms.